The molecule has 0 N–H and O–H groups in total. The first-order valence-corrected chi connectivity index (χ1v) is 15.7. The summed E-state index contributed by atoms with van der Waals surface area (Å²) in [6, 6.07) is 21.8. The van der Waals surface area contributed by atoms with Crippen LogP contribution in [0.3, 0.4) is 0 Å². The third kappa shape index (κ3) is 3.23. The molecule has 0 heterocycles. The van der Waals surface area contributed by atoms with Crippen molar-refractivity contribution in [3.05, 3.63) is 71.8 Å². The first-order chi connectivity index (χ1) is 7.92. The Morgan fingerprint density at radius 3 is 1.62 bits per heavy atom. The van der Waals surface area contributed by atoms with E-state index < -0.39 is 0 Å². The monoisotopic (exact) mass is 428 g/mol. The predicted octanol–water partition coefficient (Wildman–Crippen LogP) is 4.29. The van der Waals surface area contributed by atoms with Crippen LogP contribution in [0.15, 0.2) is 60.7 Å². The molecule has 0 saturated heterocycles. The van der Waals surface area contributed by atoms with Gasteiger partial charge in [0, 0.05) is 0 Å². The quantitative estimate of drug-likeness (QED) is 0.505. The molecule has 0 fully saturated rings. The van der Waals surface area contributed by atoms with Crippen molar-refractivity contribution in [2.24, 2.45) is 0 Å². The average Bonchev–Trinajstić information content (AvgIpc) is 2.38. The molecule has 0 bridgehead atoms. The van der Waals surface area contributed by atoms with Gasteiger partial charge >= 0.3 is 118 Å². The molecular weight excluding hydrogens is 414 g/mol. The number of halogens is 1. The van der Waals surface area contributed by atoms with E-state index in [1.54, 1.807) is 0 Å². The molecule has 0 amide bonds. The van der Waals surface area contributed by atoms with Crippen LogP contribution in [0.5, 0.6) is 0 Å². The van der Waals surface area contributed by atoms with E-state index >= 15 is 0 Å². The predicted molar refractivity (Wildman–Crippen MR) is 79.3 cm³/mol. The van der Waals surface area contributed by atoms with Crippen LogP contribution in [0.4, 0.5) is 0 Å². The van der Waals surface area contributed by atoms with E-state index in [2.05, 4.69) is 79.3 Å². The molecule has 0 saturated carbocycles. The van der Waals surface area contributed by atoms with Gasteiger partial charge in [0.05, 0.1) is 0 Å². The number of hydrogen-bond donors (Lipinski definition) is 0. The van der Waals surface area contributed by atoms with E-state index in [1.807, 2.05) is 0 Å². The Morgan fingerprint density at radius 2 is 1.25 bits per heavy atom. The van der Waals surface area contributed by atoms with Crippen LogP contribution in [0.2, 0.25) is 4.44 Å². The Balaban J connectivity index is 2.31. The molecule has 0 aliphatic rings. The molecule has 0 spiro atoms. The minimum absolute atomic E-state index is 0.206. The fourth-order valence-corrected chi connectivity index (χ4v) is 6.62. The summed E-state index contributed by atoms with van der Waals surface area (Å²) in [6.07, 6.45) is 0. The Morgan fingerprint density at radius 1 is 0.812 bits per heavy atom. The summed E-state index contributed by atoms with van der Waals surface area (Å²) in [5.74, 6) is 0.617. The summed E-state index contributed by atoms with van der Waals surface area (Å²) in [4.78, 5) is 0. The number of benzene rings is 2. The normalized spacial score (nSPS) is 10.6. The summed E-state index contributed by atoms with van der Waals surface area (Å²) in [7, 11) is 0. The van der Waals surface area contributed by atoms with Crippen molar-refractivity contribution < 1.29 is 0 Å². The van der Waals surface area contributed by atoms with Gasteiger partial charge in [-0.1, -0.05) is 0 Å². The van der Waals surface area contributed by atoms with Crippen LogP contribution >= 0.6 is 18.6 Å². The van der Waals surface area contributed by atoms with Crippen LogP contribution in [-0.2, 0) is 0 Å². The zero-order valence-electron chi connectivity index (χ0n) is 8.94. The molecule has 0 atom stereocenters. The molecule has 2 rings (SSSR count). The topological polar surface area (TPSA) is 0 Å². The van der Waals surface area contributed by atoms with E-state index in [-0.39, 0.29) is 17.2 Å². The van der Waals surface area contributed by atoms with Crippen molar-refractivity contribution in [2.75, 3.05) is 0 Å². The first kappa shape index (κ1) is 12.4. The van der Waals surface area contributed by atoms with E-state index in [0.717, 1.165) is 0 Å². The Kier molecular flexibility index (Phi) is 5.16. The van der Waals surface area contributed by atoms with Crippen LogP contribution in [0, 0.1) is 0 Å². The molecular formula is C14H13ISn. The molecule has 2 aromatic carbocycles. The second kappa shape index (κ2) is 6.64. The zero-order chi connectivity index (χ0) is 11.2. The maximum atomic E-state index is 2.63. The maximum absolute atomic E-state index is 2.63. The molecule has 16 heavy (non-hydrogen) atoms. The summed E-state index contributed by atoms with van der Waals surface area (Å²) in [5.41, 5.74) is 2.93. The van der Waals surface area contributed by atoms with Crippen molar-refractivity contribution in [3.63, 3.8) is 0 Å². The van der Waals surface area contributed by atoms with E-state index in [0.29, 0.717) is 5.92 Å². The van der Waals surface area contributed by atoms with Gasteiger partial charge in [-0.15, -0.1) is 0 Å². The zero-order valence-corrected chi connectivity index (χ0v) is 13.9. The van der Waals surface area contributed by atoms with Crippen molar-refractivity contribution in [3.8, 4) is 0 Å². The van der Waals surface area contributed by atoms with E-state index in [9.17, 15) is 0 Å². The van der Waals surface area contributed by atoms with Crippen LogP contribution in [-0.4, -0.2) is 17.2 Å². The van der Waals surface area contributed by atoms with Gasteiger partial charge < -0.3 is 0 Å². The average molecular weight is 427 g/mol. The minimum atomic E-state index is -0.206. The number of hydrogen-bond acceptors (Lipinski definition) is 0. The van der Waals surface area contributed by atoms with Crippen molar-refractivity contribution >= 4 is 35.8 Å². The van der Waals surface area contributed by atoms with Crippen LogP contribution in [0.1, 0.15) is 17.0 Å². The molecule has 0 aliphatic carbocycles. The Bertz CT molecular complexity index is 374. The molecule has 2 aromatic rings. The first-order valence-electron chi connectivity index (χ1n) is 5.35. The molecule has 0 nitrogen and oxygen atoms in total. The van der Waals surface area contributed by atoms with Gasteiger partial charge in [-0.2, -0.15) is 0 Å². The third-order valence-corrected chi connectivity index (χ3v) is 7.25. The van der Waals surface area contributed by atoms with E-state index in [4.69, 9.17) is 0 Å². The fourth-order valence-electron chi connectivity index (χ4n) is 1.88. The third-order valence-electron chi connectivity index (χ3n) is 2.69. The van der Waals surface area contributed by atoms with Crippen molar-refractivity contribution in [1.29, 1.82) is 0 Å². The second-order valence-electron chi connectivity index (χ2n) is 3.71. The summed E-state index contributed by atoms with van der Waals surface area (Å²) in [6.45, 7) is 0. The Labute approximate surface area is 117 Å². The molecule has 2 radical (unpaired) electrons. The molecule has 0 aliphatic heterocycles. The van der Waals surface area contributed by atoms with Crippen LogP contribution < -0.4 is 0 Å². The van der Waals surface area contributed by atoms with Crippen molar-refractivity contribution in [2.45, 2.75) is 10.4 Å². The molecule has 2 heteroatoms. The van der Waals surface area contributed by atoms with Gasteiger partial charge in [-0.3, -0.25) is 0 Å². The van der Waals surface area contributed by atoms with E-state index in [1.165, 1.54) is 15.6 Å². The van der Waals surface area contributed by atoms with Gasteiger partial charge in [-0.05, 0) is 0 Å². The summed E-state index contributed by atoms with van der Waals surface area (Å²) < 4.78 is 1.37. The Hall–Kier alpha value is -0.0313. The fraction of sp³-hybridized carbons (Fsp3) is 0.143. The molecule has 80 valence electrons. The summed E-state index contributed by atoms with van der Waals surface area (Å²) >= 11 is 2.42. The second-order valence-corrected chi connectivity index (χ2v) is 10.8. The SMILES string of the molecule is [I][Sn][CH2]C(c1ccccc1)c1ccccc1. The van der Waals surface area contributed by atoms with Crippen molar-refractivity contribution in [1.82, 2.24) is 0 Å². The van der Waals surface area contributed by atoms with Gasteiger partial charge in [0.2, 0.25) is 0 Å². The summed E-state index contributed by atoms with van der Waals surface area (Å²) in [5, 5.41) is 0. The van der Waals surface area contributed by atoms with Gasteiger partial charge in [0.1, 0.15) is 0 Å². The van der Waals surface area contributed by atoms with Crippen LogP contribution in [0.25, 0.3) is 0 Å². The van der Waals surface area contributed by atoms with Gasteiger partial charge in [0.15, 0.2) is 0 Å². The molecule has 0 unspecified atom stereocenters. The molecule has 0 aromatic heterocycles. The van der Waals surface area contributed by atoms with Gasteiger partial charge in [0.25, 0.3) is 0 Å². The van der Waals surface area contributed by atoms with Gasteiger partial charge in [-0.25, -0.2) is 0 Å². The standard InChI is InChI=1S/C14H13.HI.Sn/c1-12(13-8-4-2-5-9-13)14-10-6-3-7-11-14;;/h2-12H,1H2;1H;/q;;+1/p-1. The number of rotatable bonds is 4.